The highest BCUT2D eigenvalue weighted by molar-refractivity contribution is 5.78. The van der Waals surface area contributed by atoms with Crippen molar-refractivity contribution in [2.75, 3.05) is 39.3 Å². The number of nitrogens with one attached hydrogen (secondary N) is 2. The Hall–Kier alpha value is -1.14. The number of rotatable bonds is 7. The van der Waals surface area contributed by atoms with Crippen LogP contribution in [-0.4, -0.2) is 62.1 Å². The molecular formula is C15H27N3O3. The molecule has 0 aromatic carbocycles. The van der Waals surface area contributed by atoms with Gasteiger partial charge in [0.05, 0.1) is 13.2 Å². The molecule has 3 atom stereocenters. The minimum Gasteiger partial charge on any atom is -0.466 e. The van der Waals surface area contributed by atoms with Crippen molar-refractivity contribution in [1.29, 1.82) is 0 Å². The topological polar surface area (TPSA) is 70.7 Å². The maximum Gasteiger partial charge on any atom is 0.305 e. The van der Waals surface area contributed by atoms with E-state index in [1.54, 1.807) is 6.92 Å². The molecule has 0 aromatic rings. The minimum absolute atomic E-state index is 0.0543. The summed E-state index contributed by atoms with van der Waals surface area (Å²) in [4.78, 5) is 25.4. The Balaban J connectivity index is 1.61. The zero-order valence-electron chi connectivity index (χ0n) is 13.1. The fourth-order valence-electron chi connectivity index (χ4n) is 3.40. The second kappa shape index (κ2) is 7.75. The minimum atomic E-state index is -0.194. The van der Waals surface area contributed by atoms with E-state index in [9.17, 15) is 9.59 Å². The van der Waals surface area contributed by atoms with E-state index in [-0.39, 0.29) is 11.9 Å². The fourth-order valence-corrected chi connectivity index (χ4v) is 3.40. The average Bonchev–Trinajstić information content (AvgIpc) is 3.00. The molecule has 120 valence electrons. The number of carbonyl (C=O) groups excluding carboxylic acids is 2. The molecular weight excluding hydrogens is 270 g/mol. The SMILES string of the molecule is CCOC(=O)CCCNC(=O)CN1CC2CNCC2C1C. The van der Waals surface area contributed by atoms with Crippen LogP contribution in [0.15, 0.2) is 0 Å². The van der Waals surface area contributed by atoms with Crippen LogP contribution in [0.25, 0.3) is 0 Å². The Morgan fingerprint density at radius 1 is 1.38 bits per heavy atom. The predicted molar refractivity (Wildman–Crippen MR) is 79.8 cm³/mol. The van der Waals surface area contributed by atoms with Crippen LogP contribution in [0.2, 0.25) is 0 Å². The Kier molecular flexibility index (Phi) is 5.99. The number of likely N-dealkylation sites (tertiary alicyclic amines) is 1. The third kappa shape index (κ3) is 4.41. The Bertz CT molecular complexity index is 375. The molecule has 6 nitrogen and oxygen atoms in total. The standard InChI is InChI=1S/C15H27N3O3/c1-3-21-15(20)5-4-6-17-14(19)10-18-9-12-7-16-8-13(12)11(18)2/h11-13,16H,3-10H2,1-2H3,(H,17,19). The van der Waals surface area contributed by atoms with Gasteiger partial charge in [-0.1, -0.05) is 0 Å². The lowest BCUT2D eigenvalue weighted by atomic mass is 9.95. The summed E-state index contributed by atoms with van der Waals surface area (Å²) < 4.78 is 4.85. The second-order valence-electron chi connectivity index (χ2n) is 6.01. The molecule has 0 saturated carbocycles. The van der Waals surface area contributed by atoms with Crippen LogP contribution >= 0.6 is 0 Å². The van der Waals surface area contributed by atoms with Crippen LogP contribution in [0.4, 0.5) is 0 Å². The Morgan fingerprint density at radius 2 is 2.19 bits per heavy atom. The van der Waals surface area contributed by atoms with Crippen molar-refractivity contribution in [3.05, 3.63) is 0 Å². The molecule has 0 aromatic heterocycles. The maximum atomic E-state index is 12.0. The second-order valence-corrected chi connectivity index (χ2v) is 6.01. The van der Waals surface area contributed by atoms with Crippen molar-refractivity contribution in [3.63, 3.8) is 0 Å². The molecule has 2 aliphatic heterocycles. The Labute approximate surface area is 126 Å². The third-order valence-corrected chi connectivity index (χ3v) is 4.59. The average molecular weight is 297 g/mol. The predicted octanol–water partition coefficient (Wildman–Crippen LogP) is -0.0144. The molecule has 2 fully saturated rings. The van der Waals surface area contributed by atoms with Gasteiger partial charge in [-0.2, -0.15) is 0 Å². The van der Waals surface area contributed by atoms with E-state index < -0.39 is 0 Å². The third-order valence-electron chi connectivity index (χ3n) is 4.59. The van der Waals surface area contributed by atoms with Gasteiger partial charge in [0.1, 0.15) is 0 Å². The monoisotopic (exact) mass is 297 g/mol. The molecule has 0 spiro atoms. The molecule has 2 saturated heterocycles. The van der Waals surface area contributed by atoms with Crippen molar-refractivity contribution in [2.45, 2.75) is 32.7 Å². The molecule has 0 aliphatic carbocycles. The normalized spacial score (nSPS) is 28.4. The summed E-state index contributed by atoms with van der Waals surface area (Å²) >= 11 is 0. The molecule has 3 unspecified atom stereocenters. The highest BCUT2D eigenvalue weighted by atomic mass is 16.5. The first-order chi connectivity index (χ1) is 10.1. The van der Waals surface area contributed by atoms with Gasteiger partial charge in [0.15, 0.2) is 0 Å². The summed E-state index contributed by atoms with van der Waals surface area (Å²) in [6, 6.07) is 0.468. The summed E-state index contributed by atoms with van der Waals surface area (Å²) in [5.74, 6) is 1.23. The van der Waals surface area contributed by atoms with Crippen LogP contribution < -0.4 is 10.6 Å². The first-order valence-corrected chi connectivity index (χ1v) is 7.99. The number of amides is 1. The van der Waals surface area contributed by atoms with Gasteiger partial charge < -0.3 is 15.4 Å². The van der Waals surface area contributed by atoms with Crippen LogP contribution in [0.1, 0.15) is 26.7 Å². The molecule has 6 heteroatoms. The summed E-state index contributed by atoms with van der Waals surface area (Å²) in [5, 5.41) is 6.31. The van der Waals surface area contributed by atoms with Crippen molar-refractivity contribution in [2.24, 2.45) is 11.8 Å². The van der Waals surface area contributed by atoms with Gasteiger partial charge in [-0.15, -0.1) is 0 Å². The zero-order chi connectivity index (χ0) is 15.2. The molecule has 2 N–H and O–H groups in total. The van der Waals surface area contributed by atoms with Crippen LogP contribution in [0.3, 0.4) is 0 Å². The molecule has 2 heterocycles. The molecule has 21 heavy (non-hydrogen) atoms. The first kappa shape index (κ1) is 16.2. The van der Waals surface area contributed by atoms with E-state index in [1.807, 2.05) is 0 Å². The lowest BCUT2D eigenvalue weighted by Gasteiger charge is -2.23. The van der Waals surface area contributed by atoms with Gasteiger partial charge in [0.25, 0.3) is 0 Å². The first-order valence-electron chi connectivity index (χ1n) is 7.99. The van der Waals surface area contributed by atoms with Gasteiger partial charge in [0.2, 0.25) is 5.91 Å². The highest BCUT2D eigenvalue weighted by Crippen LogP contribution is 2.31. The number of nitrogens with zero attached hydrogens (tertiary/aromatic N) is 1. The van der Waals surface area contributed by atoms with Crippen molar-refractivity contribution >= 4 is 11.9 Å². The fraction of sp³-hybridized carbons (Fsp3) is 0.867. The van der Waals surface area contributed by atoms with Gasteiger partial charge in [-0.3, -0.25) is 14.5 Å². The molecule has 2 aliphatic rings. The van der Waals surface area contributed by atoms with Gasteiger partial charge in [-0.05, 0) is 45.2 Å². The van der Waals surface area contributed by atoms with E-state index in [2.05, 4.69) is 22.5 Å². The van der Waals surface area contributed by atoms with E-state index in [0.717, 1.165) is 19.6 Å². The van der Waals surface area contributed by atoms with Gasteiger partial charge in [0, 0.05) is 25.6 Å². The number of hydrogen-bond acceptors (Lipinski definition) is 5. The van der Waals surface area contributed by atoms with Crippen molar-refractivity contribution in [1.82, 2.24) is 15.5 Å². The Morgan fingerprint density at radius 3 is 2.90 bits per heavy atom. The van der Waals surface area contributed by atoms with Gasteiger partial charge >= 0.3 is 5.97 Å². The number of carbonyl (C=O) groups is 2. The highest BCUT2D eigenvalue weighted by Gasteiger charge is 2.41. The summed E-state index contributed by atoms with van der Waals surface area (Å²) in [7, 11) is 0. The zero-order valence-corrected chi connectivity index (χ0v) is 13.1. The van der Waals surface area contributed by atoms with Crippen LogP contribution in [0, 0.1) is 11.8 Å². The smallest absolute Gasteiger partial charge is 0.305 e. The van der Waals surface area contributed by atoms with E-state index in [4.69, 9.17) is 4.74 Å². The lowest BCUT2D eigenvalue weighted by molar-refractivity contribution is -0.143. The number of hydrogen-bond donors (Lipinski definition) is 2. The number of esters is 1. The maximum absolute atomic E-state index is 12.0. The van der Waals surface area contributed by atoms with E-state index in [0.29, 0.717) is 50.4 Å². The van der Waals surface area contributed by atoms with Gasteiger partial charge in [-0.25, -0.2) is 0 Å². The van der Waals surface area contributed by atoms with Crippen LogP contribution in [0.5, 0.6) is 0 Å². The quantitative estimate of drug-likeness (QED) is 0.511. The summed E-state index contributed by atoms with van der Waals surface area (Å²) in [6.45, 7) is 8.58. The lowest BCUT2D eigenvalue weighted by Crippen LogP contribution is -2.41. The van der Waals surface area contributed by atoms with E-state index >= 15 is 0 Å². The number of fused-ring (bicyclic) bond motifs is 1. The van der Waals surface area contributed by atoms with Crippen molar-refractivity contribution in [3.8, 4) is 0 Å². The molecule has 0 bridgehead atoms. The summed E-state index contributed by atoms with van der Waals surface area (Å²) in [6.07, 6.45) is 0.999. The summed E-state index contributed by atoms with van der Waals surface area (Å²) in [5.41, 5.74) is 0. The number of ether oxygens (including phenoxy) is 1. The largest absolute Gasteiger partial charge is 0.466 e. The van der Waals surface area contributed by atoms with E-state index in [1.165, 1.54) is 0 Å². The molecule has 0 radical (unpaired) electrons. The van der Waals surface area contributed by atoms with Crippen molar-refractivity contribution < 1.29 is 14.3 Å². The van der Waals surface area contributed by atoms with Crippen LogP contribution in [-0.2, 0) is 14.3 Å². The molecule has 1 amide bonds. The molecule has 2 rings (SSSR count).